The summed E-state index contributed by atoms with van der Waals surface area (Å²) in [5.41, 5.74) is 5.74. The normalized spacial score (nSPS) is 12.5. The molecule has 0 fully saturated rings. The molecule has 0 aliphatic heterocycles. The maximum absolute atomic E-state index is 12.3. The van der Waals surface area contributed by atoms with Gasteiger partial charge in [0.15, 0.2) is 12.2 Å². The molecule has 0 saturated carbocycles. The number of anilines is 1. The quantitative estimate of drug-likeness (QED) is 0.316. The summed E-state index contributed by atoms with van der Waals surface area (Å²) in [6.45, 7) is 10.8. The predicted molar refractivity (Wildman–Crippen MR) is 137 cm³/mol. The van der Waals surface area contributed by atoms with E-state index in [0.717, 1.165) is 23.1 Å². The highest BCUT2D eigenvalue weighted by atomic mass is 16.5. The van der Waals surface area contributed by atoms with Crippen molar-refractivity contribution < 1.29 is 13.9 Å². The van der Waals surface area contributed by atoms with Crippen molar-refractivity contribution >= 4 is 22.7 Å². The van der Waals surface area contributed by atoms with Gasteiger partial charge in [-0.1, -0.05) is 52.8 Å². The highest BCUT2D eigenvalue weighted by Gasteiger charge is 2.14. The Balaban J connectivity index is 1.36. The van der Waals surface area contributed by atoms with E-state index < -0.39 is 0 Å². The number of carbonyl (C=O) groups excluding carboxylic acids is 1. The van der Waals surface area contributed by atoms with Gasteiger partial charge >= 0.3 is 0 Å². The number of ether oxygens (including phenoxy) is 1. The van der Waals surface area contributed by atoms with Gasteiger partial charge in [-0.05, 0) is 77.4 Å². The molecule has 0 bridgehead atoms. The molecule has 0 aliphatic carbocycles. The zero-order valence-electron chi connectivity index (χ0n) is 20.5. The largest absolute Gasteiger partial charge is 0.484 e. The fraction of sp³-hybridized carbons (Fsp3) is 0.310. The Morgan fingerprint density at radius 3 is 2.38 bits per heavy atom. The molecule has 176 valence electrons. The molecule has 1 atom stereocenters. The first-order valence-corrected chi connectivity index (χ1v) is 11.8. The van der Waals surface area contributed by atoms with Gasteiger partial charge in [-0.3, -0.25) is 4.79 Å². The van der Waals surface area contributed by atoms with Crippen molar-refractivity contribution in [3.8, 4) is 17.2 Å². The molecule has 1 amide bonds. The maximum atomic E-state index is 12.3. The number of hydrogen-bond donors (Lipinski definition) is 1. The Hall–Kier alpha value is -3.60. The van der Waals surface area contributed by atoms with Crippen LogP contribution < -0.4 is 10.1 Å². The first kappa shape index (κ1) is 23.6. The van der Waals surface area contributed by atoms with Gasteiger partial charge in [0.2, 0.25) is 5.89 Å². The lowest BCUT2D eigenvalue weighted by atomic mass is 9.87. The van der Waals surface area contributed by atoms with E-state index in [1.165, 1.54) is 11.1 Å². The van der Waals surface area contributed by atoms with Gasteiger partial charge < -0.3 is 14.5 Å². The second-order valence-corrected chi connectivity index (χ2v) is 9.74. The third-order valence-corrected chi connectivity index (χ3v) is 6.10. The van der Waals surface area contributed by atoms with E-state index in [0.29, 0.717) is 23.2 Å². The molecular weight excluding hydrogens is 424 g/mol. The Bertz CT molecular complexity index is 1270. The van der Waals surface area contributed by atoms with Crippen LogP contribution in [0.2, 0.25) is 0 Å². The lowest BCUT2D eigenvalue weighted by Gasteiger charge is -2.19. The number of carbonyl (C=O) groups is 1. The fourth-order valence-corrected chi connectivity index (χ4v) is 3.70. The van der Waals surface area contributed by atoms with Crippen LogP contribution in [-0.4, -0.2) is 17.5 Å². The van der Waals surface area contributed by atoms with Gasteiger partial charge in [-0.2, -0.15) is 0 Å². The summed E-state index contributed by atoms with van der Waals surface area (Å²) in [6, 6.07) is 21.5. The molecule has 4 aromatic rings. The van der Waals surface area contributed by atoms with Crippen molar-refractivity contribution in [1.82, 2.24) is 4.98 Å². The first-order chi connectivity index (χ1) is 16.2. The zero-order chi connectivity index (χ0) is 24.3. The number of nitrogens with one attached hydrogen (secondary N) is 1. The van der Waals surface area contributed by atoms with Gasteiger partial charge in [-0.15, -0.1) is 0 Å². The Morgan fingerprint density at radius 1 is 1.03 bits per heavy atom. The van der Waals surface area contributed by atoms with E-state index in [1.807, 2.05) is 54.6 Å². The number of oxazole rings is 1. The van der Waals surface area contributed by atoms with Gasteiger partial charge in [0.05, 0.1) is 0 Å². The molecule has 3 aromatic carbocycles. The van der Waals surface area contributed by atoms with Crippen LogP contribution in [0.1, 0.15) is 58.1 Å². The minimum atomic E-state index is -0.216. The van der Waals surface area contributed by atoms with Crippen molar-refractivity contribution in [2.24, 2.45) is 0 Å². The lowest BCUT2D eigenvalue weighted by Crippen LogP contribution is -2.20. The molecule has 0 spiro atoms. The van der Waals surface area contributed by atoms with E-state index in [4.69, 9.17) is 9.15 Å². The predicted octanol–water partition coefficient (Wildman–Crippen LogP) is 7.32. The number of amides is 1. The second-order valence-electron chi connectivity index (χ2n) is 9.74. The summed E-state index contributed by atoms with van der Waals surface area (Å²) in [7, 11) is 0. The zero-order valence-corrected chi connectivity index (χ0v) is 20.5. The van der Waals surface area contributed by atoms with Crippen molar-refractivity contribution in [3.63, 3.8) is 0 Å². The Morgan fingerprint density at radius 2 is 1.74 bits per heavy atom. The molecular formula is C29H32N2O3. The SMILES string of the molecule is CC[C@H](C)c1ccc2oc(-c3ccc(NC(=O)COc4ccc(C(C)(C)C)cc4)cc3)nc2c1. The summed E-state index contributed by atoms with van der Waals surface area (Å²) in [6.07, 6.45) is 1.08. The van der Waals surface area contributed by atoms with Crippen LogP contribution in [0, 0.1) is 0 Å². The summed E-state index contributed by atoms with van der Waals surface area (Å²) in [4.78, 5) is 17.0. The molecule has 5 nitrogen and oxygen atoms in total. The summed E-state index contributed by atoms with van der Waals surface area (Å²) < 4.78 is 11.6. The number of aromatic nitrogens is 1. The van der Waals surface area contributed by atoms with Crippen LogP contribution in [0.15, 0.2) is 71.1 Å². The molecule has 34 heavy (non-hydrogen) atoms. The number of benzene rings is 3. The minimum Gasteiger partial charge on any atom is -0.484 e. The maximum Gasteiger partial charge on any atom is 0.262 e. The van der Waals surface area contributed by atoms with Crippen molar-refractivity contribution in [2.45, 2.75) is 52.4 Å². The average molecular weight is 457 g/mol. The highest BCUT2D eigenvalue weighted by Crippen LogP contribution is 2.29. The van der Waals surface area contributed by atoms with Crippen molar-refractivity contribution in [1.29, 1.82) is 0 Å². The molecule has 1 heterocycles. The van der Waals surface area contributed by atoms with Gasteiger partial charge in [0.25, 0.3) is 5.91 Å². The standard InChI is InChI=1S/C29H32N2O3/c1-6-19(2)21-9-16-26-25(17-21)31-28(34-26)20-7-12-23(13-8-20)30-27(32)18-33-24-14-10-22(11-15-24)29(3,4)5/h7-17,19H,6,18H2,1-5H3,(H,30,32)/t19-/m0/s1. The second kappa shape index (κ2) is 9.72. The molecule has 0 unspecified atom stereocenters. The van der Waals surface area contributed by atoms with E-state index >= 15 is 0 Å². The molecule has 4 rings (SSSR count). The Kier molecular flexibility index (Phi) is 6.73. The van der Waals surface area contributed by atoms with Crippen LogP contribution >= 0.6 is 0 Å². The van der Waals surface area contributed by atoms with E-state index in [2.05, 4.69) is 57.1 Å². The molecule has 0 aliphatic rings. The molecule has 0 saturated heterocycles. The lowest BCUT2D eigenvalue weighted by molar-refractivity contribution is -0.118. The minimum absolute atomic E-state index is 0.0553. The van der Waals surface area contributed by atoms with E-state index in [-0.39, 0.29) is 17.9 Å². The first-order valence-electron chi connectivity index (χ1n) is 11.8. The number of fused-ring (bicyclic) bond motifs is 1. The number of rotatable bonds is 7. The van der Waals surface area contributed by atoms with Crippen LogP contribution in [0.3, 0.4) is 0 Å². The Labute approximate surface area is 201 Å². The van der Waals surface area contributed by atoms with Crippen LogP contribution in [0.5, 0.6) is 5.75 Å². The average Bonchev–Trinajstić information content (AvgIpc) is 3.26. The third-order valence-electron chi connectivity index (χ3n) is 6.10. The fourth-order valence-electron chi connectivity index (χ4n) is 3.70. The summed E-state index contributed by atoms with van der Waals surface area (Å²) in [5.74, 6) is 1.51. The van der Waals surface area contributed by atoms with Gasteiger partial charge in [0.1, 0.15) is 11.3 Å². The molecule has 1 aromatic heterocycles. The molecule has 0 radical (unpaired) electrons. The van der Waals surface area contributed by atoms with Gasteiger partial charge in [-0.25, -0.2) is 4.98 Å². The van der Waals surface area contributed by atoms with Crippen molar-refractivity contribution in [2.75, 3.05) is 11.9 Å². The molecule has 5 heteroatoms. The van der Waals surface area contributed by atoms with Crippen LogP contribution in [0.4, 0.5) is 5.69 Å². The van der Waals surface area contributed by atoms with E-state index in [9.17, 15) is 4.79 Å². The van der Waals surface area contributed by atoms with Gasteiger partial charge in [0, 0.05) is 11.3 Å². The van der Waals surface area contributed by atoms with Crippen molar-refractivity contribution in [3.05, 3.63) is 77.9 Å². The summed E-state index contributed by atoms with van der Waals surface area (Å²) >= 11 is 0. The summed E-state index contributed by atoms with van der Waals surface area (Å²) in [5, 5.41) is 2.86. The third kappa shape index (κ3) is 5.48. The van der Waals surface area contributed by atoms with Crippen LogP contribution in [0.25, 0.3) is 22.6 Å². The monoisotopic (exact) mass is 456 g/mol. The van der Waals surface area contributed by atoms with Crippen LogP contribution in [-0.2, 0) is 10.2 Å². The van der Waals surface area contributed by atoms with E-state index in [1.54, 1.807) is 0 Å². The number of nitrogens with zero attached hydrogens (tertiary/aromatic N) is 1. The smallest absolute Gasteiger partial charge is 0.262 e. The molecule has 1 N–H and O–H groups in total. The topological polar surface area (TPSA) is 64.4 Å². The number of hydrogen-bond acceptors (Lipinski definition) is 4. The highest BCUT2D eigenvalue weighted by molar-refractivity contribution is 5.92.